The minimum absolute atomic E-state index is 0.0713. The predicted octanol–water partition coefficient (Wildman–Crippen LogP) is 0.102. The number of fused-ring (bicyclic) bond motifs is 1. The van der Waals surface area contributed by atoms with Gasteiger partial charge in [-0.2, -0.15) is 0 Å². The largest absolute Gasteiger partial charge is 0.497 e. The minimum Gasteiger partial charge on any atom is -0.497 e. The second-order valence-corrected chi connectivity index (χ2v) is 4.86. The number of rotatable bonds is 2. The van der Waals surface area contributed by atoms with Gasteiger partial charge in [-0.05, 0) is 12.1 Å². The van der Waals surface area contributed by atoms with Crippen LogP contribution in [0.3, 0.4) is 0 Å². The van der Waals surface area contributed by atoms with Crippen molar-refractivity contribution < 1.29 is 23.1 Å². The highest BCUT2D eigenvalue weighted by molar-refractivity contribution is 7.90. The molecule has 1 aromatic rings. The number of aliphatic carboxylic acids is 1. The highest BCUT2D eigenvalue weighted by Gasteiger charge is 2.28. The third-order valence-corrected chi connectivity index (χ3v) is 3.49. The lowest BCUT2D eigenvalue weighted by Crippen LogP contribution is -2.38. The Morgan fingerprint density at radius 2 is 2.18 bits per heavy atom. The smallest absolute Gasteiger partial charge is 0.372 e. The lowest BCUT2D eigenvalue weighted by atomic mass is 10.3. The van der Waals surface area contributed by atoms with E-state index in [2.05, 4.69) is 4.99 Å². The van der Waals surface area contributed by atoms with Gasteiger partial charge in [0.05, 0.1) is 12.8 Å². The first kappa shape index (κ1) is 11.4. The number of nitrogens with zero attached hydrogens (tertiary/aromatic N) is 1. The number of hydrogen-bond donors (Lipinski definition) is 2. The first-order valence-electron chi connectivity index (χ1n) is 4.47. The van der Waals surface area contributed by atoms with Gasteiger partial charge in [0, 0.05) is 6.07 Å². The molecular weight excluding hydrogens is 248 g/mol. The quantitative estimate of drug-likeness (QED) is 0.780. The third kappa shape index (κ3) is 1.94. The predicted molar refractivity (Wildman–Crippen MR) is 58.0 cm³/mol. The van der Waals surface area contributed by atoms with Gasteiger partial charge in [-0.25, -0.2) is 18.2 Å². The van der Waals surface area contributed by atoms with Crippen LogP contribution in [0.1, 0.15) is 0 Å². The SMILES string of the molecule is COc1ccc2c(c1)S(=O)(=O)NC(C(=O)O)=N2. The number of carboxylic acids is 1. The molecule has 90 valence electrons. The number of carboxylic acid groups (broad SMARTS) is 1. The molecule has 2 N–H and O–H groups in total. The molecule has 0 fully saturated rings. The molecule has 1 aliphatic rings. The fourth-order valence-corrected chi connectivity index (χ4v) is 2.50. The molecule has 1 heterocycles. The number of methoxy groups -OCH3 is 1. The van der Waals surface area contributed by atoms with Gasteiger partial charge in [0.25, 0.3) is 10.0 Å². The molecule has 0 atom stereocenters. The summed E-state index contributed by atoms with van der Waals surface area (Å²) in [6, 6.07) is 4.16. The van der Waals surface area contributed by atoms with E-state index in [-0.39, 0.29) is 10.6 Å². The molecular formula is C9H8N2O5S. The van der Waals surface area contributed by atoms with Crippen LogP contribution in [-0.4, -0.2) is 32.4 Å². The Morgan fingerprint density at radius 3 is 2.76 bits per heavy atom. The molecule has 1 aromatic carbocycles. The van der Waals surface area contributed by atoms with Gasteiger partial charge in [-0.3, -0.25) is 4.72 Å². The van der Waals surface area contributed by atoms with E-state index >= 15 is 0 Å². The Kier molecular flexibility index (Phi) is 2.50. The summed E-state index contributed by atoms with van der Waals surface area (Å²) < 4.78 is 30.2. The van der Waals surface area contributed by atoms with Crippen LogP contribution in [0.15, 0.2) is 28.1 Å². The maximum absolute atomic E-state index is 11.7. The standard InChI is InChI=1S/C9H8N2O5S/c1-16-5-2-3-6-7(4-5)17(14,15)11-8(10-6)9(12)13/h2-4H,1H3,(H,10,11)(H,12,13). The van der Waals surface area contributed by atoms with Gasteiger partial charge in [-0.1, -0.05) is 0 Å². The zero-order valence-electron chi connectivity index (χ0n) is 8.67. The molecule has 0 radical (unpaired) electrons. The molecule has 2 rings (SSSR count). The van der Waals surface area contributed by atoms with E-state index in [4.69, 9.17) is 9.84 Å². The van der Waals surface area contributed by atoms with Gasteiger partial charge in [-0.15, -0.1) is 0 Å². The van der Waals surface area contributed by atoms with Crippen LogP contribution in [0.25, 0.3) is 0 Å². The fourth-order valence-electron chi connectivity index (χ4n) is 1.35. The van der Waals surface area contributed by atoms with Crippen molar-refractivity contribution in [2.24, 2.45) is 4.99 Å². The van der Waals surface area contributed by atoms with E-state index in [1.807, 2.05) is 4.72 Å². The highest BCUT2D eigenvalue weighted by Crippen LogP contribution is 2.30. The van der Waals surface area contributed by atoms with E-state index in [9.17, 15) is 13.2 Å². The van der Waals surface area contributed by atoms with E-state index in [0.29, 0.717) is 5.75 Å². The number of nitrogens with one attached hydrogen (secondary N) is 1. The Labute approximate surface area is 96.8 Å². The number of sulfonamides is 1. The van der Waals surface area contributed by atoms with Gasteiger partial charge in [0.1, 0.15) is 10.6 Å². The lowest BCUT2D eigenvalue weighted by molar-refractivity contribution is -0.129. The number of ether oxygens (including phenoxy) is 1. The summed E-state index contributed by atoms with van der Waals surface area (Å²) in [5.74, 6) is -1.71. The topological polar surface area (TPSA) is 105 Å². The number of benzene rings is 1. The fraction of sp³-hybridized carbons (Fsp3) is 0.111. The summed E-state index contributed by atoms with van der Waals surface area (Å²) >= 11 is 0. The molecule has 0 spiro atoms. The average molecular weight is 256 g/mol. The highest BCUT2D eigenvalue weighted by atomic mass is 32.2. The van der Waals surface area contributed by atoms with Crippen LogP contribution in [0, 0.1) is 0 Å². The average Bonchev–Trinajstić information content (AvgIpc) is 2.27. The molecule has 8 heteroatoms. The van der Waals surface area contributed by atoms with Crippen LogP contribution in [0.2, 0.25) is 0 Å². The van der Waals surface area contributed by atoms with Crippen LogP contribution in [0.4, 0.5) is 5.69 Å². The maximum atomic E-state index is 11.7. The van der Waals surface area contributed by atoms with Gasteiger partial charge in [0.2, 0.25) is 5.84 Å². The van der Waals surface area contributed by atoms with Crippen molar-refractivity contribution in [3.8, 4) is 5.75 Å². The summed E-state index contributed by atoms with van der Waals surface area (Å²) in [6.45, 7) is 0. The van der Waals surface area contributed by atoms with Gasteiger partial charge < -0.3 is 9.84 Å². The molecule has 0 aromatic heterocycles. The zero-order chi connectivity index (χ0) is 12.6. The van der Waals surface area contributed by atoms with E-state index < -0.39 is 21.8 Å². The van der Waals surface area contributed by atoms with Crippen LogP contribution in [-0.2, 0) is 14.8 Å². The lowest BCUT2D eigenvalue weighted by Gasteiger charge is -2.16. The van der Waals surface area contributed by atoms with E-state index in [0.717, 1.165) is 0 Å². The summed E-state index contributed by atoms with van der Waals surface area (Å²) in [6.07, 6.45) is 0. The van der Waals surface area contributed by atoms with Crippen molar-refractivity contribution in [3.63, 3.8) is 0 Å². The molecule has 0 saturated heterocycles. The Balaban J connectivity index is 2.66. The number of carbonyl (C=O) groups is 1. The van der Waals surface area contributed by atoms with Crippen molar-refractivity contribution in [1.29, 1.82) is 0 Å². The zero-order valence-corrected chi connectivity index (χ0v) is 9.48. The molecule has 0 unspecified atom stereocenters. The molecule has 7 nitrogen and oxygen atoms in total. The first-order chi connectivity index (χ1) is 7.94. The van der Waals surface area contributed by atoms with Crippen molar-refractivity contribution in [2.75, 3.05) is 7.11 Å². The second kappa shape index (κ2) is 3.74. The van der Waals surface area contributed by atoms with Crippen LogP contribution < -0.4 is 9.46 Å². The number of amidine groups is 1. The van der Waals surface area contributed by atoms with Crippen molar-refractivity contribution in [2.45, 2.75) is 4.90 Å². The third-order valence-electron chi connectivity index (χ3n) is 2.12. The number of hydrogen-bond acceptors (Lipinski definition) is 5. The summed E-state index contributed by atoms with van der Waals surface area (Å²) in [7, 11) is -2.51. The molecule has 1 aliphatic heterocycles. The van der Waals surface area contributed by atoms with Crippen molar-refractivity contribution in [1.82, 2.24) is 4.72 Å². The maximum Gasteiger partial charge on any atom is 0.372 e. The van der Waals surface area contributed by atoms with Crippen molar-refractivity contribution >= 4 is 27.5 Å². The minimum atomic E-state index is -3.91. The monoisotopic (exact) mass is 256 g/mol. The van der Waals surface area contributed by atoms with Gasteiger partial charge >= 0.3 is 5.97 Å². The molecule has 17 heavy (non-hydrogen) atoms. The molecule has 0 bridgehead atoms. The Morgan fingerprint density at radius 1 is 1.47 bits per heavy atom. The molecule has 0 amide bonds. The Bertz CT molecular complexity index is 620. The van der Waals surface area contributed by atoms with Crippen molar-refractivity contribution in [3.05, 3.63) is 18.2 Å². The number of aliphatic imine (C=N–C) groups is 1. The van der Waals surface area contributed by atoms with Gasteiger partial charge in [0.15, 0.2) is 0 Å². The first-order valence-corrected chi connectivity index (χ1v) is 5.95. The van der Waals surface area contributed by atoms with Crippen LogP contribution >= 0.6 is 0 Å². The molecule has 0 aliphatic carbocycles. The summed E-state index contributed by atoms with van der Waals surface area (Å²) in [4.78, 5) is 14.3. The Hall–Kier alpha value is -2.09. The van der Waals surface area contributed by atoms with E-state index in [1.165, 1.54) is 25.3 Å². The van der Waals surface area contributed by atoms with E-state index in [1.54, 1.807) is 0 Å². The second-order valence-electron chi connectivity index (χ2n) is 3.20. The summed E-state index contributed by atoms with van der Waals surface area (Å²) in [5.41, 5.74) is 0.0713. The normalized spacial score (nSPS) is 16.4. The molecule has 0 saturated carbocycles. The summed E-state index contributed by atoms with van der Waals surface area (Å²) in [5, 5.41) is 8.71. The van der Waals surface area contributed by atoms with Crippen LogP contribution in [0.5, 0.6) is 5.75 Å².